The monoisotopic (exact) mass is 386 g/mol. The number of ether oxygens (including phenoxy) is 2. The van der Waals surface area contributed by atoms with Crippen molar-refractivity contribution >= 4 is 17.9 Å². The van der Waals surface area contributed by atoms with E-state index in [4.69, 9.17) is 20.3 Å². The van der Waals surface area contributed by atoms with Crippen molar-refractivity contribution in [2.24, 2.45) is 5.73 Å². The number of hydrogen-bond donors (Lipinski definition) is 4. The molecule has 1 aliphatic rings. The number of nitrogens with two attached hydrogens (primary N) is 1. The molecule has 0 saturated heterocycles. The van der Waals surface area contributed by atoms with Crippen molar-refractivity contribution in [1.82, 2.24) is 5.32 Å². The number of carboxylic acid groups (broad SMARTS) is 2. The van der Waals surface area contributed by atoms with Crippen LogP contribution in [0.15, 0.2) is 11.6 Å². The Hall–Kier alpha value is -1.97. The molecule has 0 spiro atoms. The number of hydrogen-bond acceptors (Lipinski definition) is 7. The van der Waals surface area contributed by atoms with Gasteiger partial charge in [0.2, 0.25) is 0 Å². The van der Waals surface area contributed by atoms with Gasteiger partial charge in [0.05, 0.1) is 31.3 Å². The SMILES string of the molecule is CCOC(=O)C1=C[C@@H](OC(CC)CC)[C@H](N)[C@@H](NC(CC(=O)O)C(=O)O)C1. The predicted octanol–water partition coefficient (Wildman–Crippen LogP) is 0.667. The van der Waals surface area contributed by atoms with Gasteiger partial charge in [0.15, 0.2) is 0 Å². The van der Waals surface area contributed by atoms with E-state index >= 15 is 0 Å². The summed E-state index contributed by atoms with van der Waals surface area (Å²) in [6.45, 7) is 5.84. The number of carbonyl (C=O) groups is 3. The summed E-state index contributed by atoms with van der Waals surface area (Å²) >= 11 is 0. The molecule has 0 fully saturated rings. The van der Waals surface area contributed by atoms with Crippen molar-refractivity contribution in [3.05, 3.63) is 11.6 Å². The molecule has 0 heterocycles. The van der Waals surface area contributed by atoms with Crippen molar-refractivity contribution in [2.75, 3.05) is 6.61 Å². The van der Waals surface area contributed by atoms with Gasteiger partial charge in [-0.15, -0.1) is 0 Å². The number of aliphatic carboxylic acids is 2. The van der Waals surface area contributed by atoms with Crippen LogP contribution in [0.1, 0.15) is 46.5 Å². The number of esters is 1. The third kappa shape index (κ3) is 6.93. The van der Waals surface area contributed by atoms with Gasteiger partial charge in [-0.2, -0.15) is 0 Å². The first-order valence-electron chi connectivity index (χ1n) is 9.22. The fraction of sp³-hybridized carbons (Fsp3) is 0.722. The molecule has 9 heteroatoms. The van der Waals surface area contributed by atoms with Crippen molar-refractivity contribution in [1.29, 1.82) is 0 Å². The van der Waals surface area contributed by atoms with Crippen molar-refractivity contribution in [3.63, 3.8) is 0 Å². The normalized spacial score (nSPS) is 23.6. The molecule has 0 saturated carbocycles. The quantitative estimate of drug-likeness (QED) is 0.376. The Morgan fingerprint density at radius 2 is 1.89 bits per heavy atom. The first-order chi connectivity index (χ1) is 12.7. The summed E-state index contributed by atoms with van der Waals surface area (Å²) in [7, 11) is 0. The molecule has 0 aromatic rings. The van der Waals surface area contributed by atoms with Gasteiger partial charge in [-0.3, -0.25) is 14.9 Å². The standard InChI is InChI=1S/C18H30N2O7/c1-4-11(5-2)27-14-8-10(18(25)26-6-3)7-12(16(14)19)20-13(17(23)24)9-15(21)22/h8,11-14,16,20H,4-7,9,19H2,1-3H3,(H,21,22)(H,23,24)/t12-,13?,14+,16+/m0/s1. The highest BCUT2D eigenvalue weighted by Crippen LogP contribution is 2.24. The zero-order valence-electron chi connectivity index (χ0n) is 16.0. The van der Waals surface area contributed by atoms with Gasteiger partial charge in [0.1, 0.15) is 6.04 Å². The second kappa shape index (κ2) is 11.0. The lowest BCUT2D eigenvalue weighted by atomic mass is 9.87. The minimum absolute atomic E-state index is 0.0613. The molecule has 27 heavy (non-hydrogen) atoms. The van der Waals surface area contributed by atoms with Crippen LogP contribution in [-0.4, -0.2) is 65.1 Å². The molecule has 0 aliphatic heterocycles. The number of rotatable bonds is 11. The van der Waals surface area contributed by atoms with E-state index in [1.807, 2.05) is 13.8 Å². The Morgan fingerprint density at radius 1 is 1.26 bits per heavy atom. The van der Waals surface area contributed by atoms with Crippen LogP contribution in [0.4, 0.5) is 0 Å². The summed E-state index contributed by atoms with van der Waals surface area (Å²) in [4.78, 5) is 34.5. The van der Waals surface area contributed by atoms with Crippen LogP contribution in [0.3, 0.4) is 0 Å². The topological polar surface area (TPSA) is 148 Å². The summed E-state index contributed by atoms with van der Waals surface area (Å²) in [6, 6.07) is -2.61. The van der Waals surface area contributed by atoms with Crippen molar-refractivity contribution in [3.8, 4) is 0 Å². The van der Waals surface area contributed by atoms with Crippen LogP contribution < -0.4 is 11.1 Å². The second-order valence-electron chi connectivity index (χ2n) is 6.49. The van der Waals surface area contributed by atoms with E-state index in [1.54, 1.807) is 13.0 Å². The molecule has 0 amide bonds. The summed E-state index contributed by atoms with van der Waals surface area (Å²) in [6.07, 6.45) is 2.01. The van der Waals surface area contributed by atoms with Gasteiger partial charge in [-0.1, -0.05) is 13.8 Å². The molecular weight excluding hydrogens is 356 g/mol. The highest BCUT2D eigenvalue weighted by molar-refractivity contribution is 5.89. The van der Waals surface area contributed by atoms with E-state index in [0.29, 0.717) is 5.57 Å². The van der Waals surface area contributed by atoms with Crippen molar-refractivity contribution < 1.29 is 34.1 Å². The maximum atomic E-state index is 12.2. The van der Waals surface area contributed by atoms with Gasteiger partial charge in [0.25, 0.3) is 0 Å². The maximum absolute atomic E-state index is 12.2. The molecule has 4 atom stereocenters. The van der Waals surface area contributed by atoms with E-state index in [2.05, 4.69) is 5.32 Å². The molecule has 1 aliphatic carbocycles. The zero-order valence-corrected chi connectivity index (χ0v) is 16.0. The highest BCUT2D eigenvalue weighted by Gasteiger charge is 2.37. The maximum Gasteiger partial charge on any atom is 0.333 e. The molecule has 0 aromatic heterocycles. The summed E-state index contributed by atoms with van der Waals surface area (Å²) in [5.74, 6) is -3.06. The Morgan fingerprint density at radius 3 is 2.37 bits per heavy atom. The van der Waals surface area contributed by atoms with Crippen LogP contribution in [0.25, 0.3) is 0 Å². The van der Waals surface area contributed by atoms with Crippen LogP contribution in [0.5, 0.6) is 0 Å². The molecule has 1 unspecified atom stereocenters. The molecule has 5 N–H and O–H groups in total. The lowest BCUT2D eigenvalue weighted by molar-refractivity contribution is -0.146. The van der Waals surface area contributed by atoms with Gasteiger partial charge < -0.3 is 25.4 Å². The third-order valence-corrected chi connectivity index (χ3v) is 4.54. The van der Waals surface area contributed by atoms with E-state index in [1.165, 1.54) is 0 Å². The highest BCUT2D eigenvalue weighted by atomic mass is 16.5. The summed E-state index contributed by atoms with van der Waals surface area (Å²) < 4.78 is 11.0. The summed E-state index contributed by atoms with van der Waals surface area (Å²) in [5.41, 5.74) is 6.61. The number of carboxylic acids is 2. The zero-order chi connectivity index (χ0) is 20.6. The van der Waals surface area contributed by atoms with Crippen LogP contribution in [0, 0.1) is 0 Å². The Bertz CT molecular complexity index is 560. The van der Waals surface area contributed by atoms with E-state index in [0.717, 1.165) is 12.8 Å². The van der Waals surface area contributed by atoms with Gasteiger partial charge in [0, 0.05) is 11.6 Å². The predicted molar refractivity (Wildman–Crippen MR) is 97.2 cm³/mol. The average Bonchev–Trinajstić information content (AvgIpc) is 2.61. The fourth-order valence-electron chi connectivity index (χ4n) is 3.01. The molecule has 0 bridgehead atoms. The fourth-order valence-corrected chi connectivity index (χ4v) is 3.01. The van der Waals surface area contributed by atoms with Crippen molar-refractivity contribution in [2.45, 2.75) is 76.8 Å². The van der Waals surface area contributed by atoms with E-state index in [9.17, 15) is 19.5 Å². The van der Waals surface area contributed by atoms with E-state index < -0.39 is 48.6 Å². The lowest BCUT2D eigenvalue weighted by Crippen LogP contribution is -2.59. The molecule has 154 valence electrons. The van der Waals surface area contributed by atoms with Gasteiger partial charge in [-0.05, 0) is 32.3 Å². The first-order valence-corrected chi connectivity index (χ1v) is 9.22. The summed E-state index contributed by atoms with van der Waals surface area (Å²) in [5, 5.41) is 21.0. The van der Waals surface area contributed by atoms with E-state index in [-0.39, 0.29) is 19.1 Å². The molecule has 0 aromatic carbocycles. The van der Waals surface area contributed by atoms with Crippen LogP contribution in [-0.2, 0) is 23.9 Å². The third-order valence-electron chi connectivity index (χ3n) is 4.54. The Kier molecular flexibility index (Phi) is 9.40. The molecule has 0 radical (unpaired) electrons. The molecule has 9 nitrogen and oxygen atoms in total. The smallest absolute Gasteiger partial charge is 0.333 e. The minimum Gasteiger partial charge on any atom is -0.481 e. The lowest BCUT2D eigenvalue weighted by Gasteiger charge is -2.37. The first kappa shape index (κ1) is 23.1. The number of carbonyl (C=O) groups excluding carboxylic acids is 1. The second-order valence-corrected chi connectivity index (χ2v) is 6.49. The molecular formula is C18H30N2O7. The average molecular weight is 386 g/mol. The Balaban J connectivity index is 3.06. The van der Waals surface area contributed by atoms with Crippen LogP contribution >= 0.6 is 0 Å². The van der Waals surface area contributed by atoms with Gasteiger partial charge >= 0.3 is 17.9 Å². The van der Waals surface area contributed by atoms with Gasteiger partial charge in [-0.25, -0.2) is 4.79 Å². The Labute approximate surface area is 158 Å². The number of nitrogens with one attached hydrogen (secondary N) is 1. The minimum atomic E-state index is -1.33. The van der Waals surface area contributed by atoms with Crippen LogP contribution in [0.2, 0.25) is 0 Å². The molecule has 1 rings (SSSR count). The largest absolute Gasteiger partial charge is 0.481 e.